The van der Waals surface area contributed by atoms with E-state index in [1.807, 2.05) is 24.3 Å². The van der Waals surface area contributed by atoms with Crippen LogP contribution in [-0.4, -0.2) is 39.3 Å². The zero-order chi connectivity index (χ0) is 23.4. The number of carbonyl (C=O) groups is 1. The number of benzene rings is 2. The molecule has 2 N–H and O–H groups in total. The molecule has 1 atom stereocenters. The van der Waals surface area contributed by atoms with E-state index in [0.717, 1.165) is 24.2 Å². The summed E-state index contributed by atoms with van der Waals surface area (Å²) in [6, 6.07) is 12.2. The van der Waals surface area contributed by atoms with Crippen LogP contribution in [0, 0.1) is 0 Å². The summed E-state index contributed by atoms with van der Waals surface area (Å²) in [5.41, 5.74) is 3.03. The number of phenolic OH excluding ortho intramolecular Hbond substituents is 1. The van der Waals surface area contributed by atoms with Crippen molar-refractivity contribution in [3.8, 4) is 22.8 Å². The molecule has 0 fully saturated rings. The maximum Gasteiger partial charge on any atom is 0.273 e. The maximum absolute atomic E-state index is 13.2. The second kappa shape index (κ2) is 10.1. The molecule has 1 aliphatic rings. The molecule has 7 heteroatoms. The number of phenols is 1. The predicted octanol–water partition coefficient (Wildman–Crippen LogP) is 6.13. The normalized spacial score (nSPS) is 15.0. The molecule has 0 bridgehead atoms. The second-order valence-electron chi connectivity index (χ2n) is 8.15. The van der Waals surface area contributed by atoms with Gasteiger partial charge in [-0.1, -0.05) is 56.0 Å². The van der Waals surface area contributed by atoms with E-state index < -0.39 is 0 Å². The summed E-state index contributed by atoms with van der Waals surface area (Å²) in [6.45, 7) is 7.07. The minimum atomic E-state index is -0.378. The number of unbranched alkanes of at least 4 members (excludes halogenated alkanes) is 3. The lowest BCUT2D eigenvalue weighted by atomic mass is 9.95. The standard InChI is InChI=1S/C26H28ClN3O3/c1-3-5-6-7-15-33-19-11-8-17(9-12-19)25-22-23(20-16-18(27)10-13-21(20)31)28-29-24(22)26(32)30(25)14-4-2/h4,8-13,16,25,31H,2-3,5-7,14-15H2,1H3,(H,28,29). The van der Waals surface area contributed by atoms with Crippen molar-refractivity contribution >= 4 is 17.5 Å². The average Bonchev–Trinajstić information content (AvgIpc) is 3.35. The van der Waals surface area contributed by atoms with E-state index in [4.69, 9.17) is 16.3 Å². The molecule has 1 unspecified atom stereocenters. The Kier molecular flexibility index (Phi) is 7.04. The Labute approximate surface area is 198 Å². The van der Waals surface area contributed by atoms with Crippen LogP contribution in [0.2, 0.25) is 5.02 Å². The van der Waals surface area contributed by atoms with E-state index >= 15 is 0 Å². The van der Waals surface area contributed by atoms with Crippen molar-refractivity contribution in [1.29, 1.82) is 0 Å². The minimum absolute atomic E-state index is 0.0499. The number of aromatic hydroxyl groups is 1. The Morgan fingerprint density at radius 1 is 1.21 bits per heavy atom. The van der Waals surface area contributed by atoms with Crippen LogP contribution in [0.4, 0.5) is 0 Å². The largest absolute Gasteiger partial charge is 0.507 e. The van der Waals surface area contributed by atoms with E-state index in [0.29, 0.717) is 40.7 Å². The van der Waals surface area contributed by atoms with Crippen molar-refractivity contribution < 1.29 is 14.6 Å². The highest BCUT2D eigenvalue weighted by Gasteiger charge is 2.42. The number of hydrogen-bond acceptors (Lipinski definition) is 4. The maximum atomic E-state index is 13.2. The summed E-state index contributed by atoms with van der Waals surface area (Å²) in [7, 11) is 0. The fourth-order valence-corrected chi connectivity index (χ4v) is 4.41. The molecule has 0 radical (unpaired) electrons. The SMILES string of the molecule is C=CCN1C(=O)c2[nH]nc(-c3cc(Cl)ccc3O)c2C1c1ccc(OCCCCCC)cc1. The molecule has 3 aromatic rings. The third-order valence-corrected chi connectivity index (χ3v) is 6.10. The average molecular weight is 466 g/mol. The van der Waals surface area contributed by atoms with Gasteiger partial charge in [-0.15, -0.1) is 6.58 Å². The Hall–Kier alpha value is -3.25. The molecule has 0 spiro atoms. The van der Waals surface area contributed by atoms with Gasteiger partial charge in [0, 0.05) is 22.7 Å². The van der Waals surface area contributed by atoms with Gasteiger partial charge in [0.25, 0.3) is 5.91 Å². The van der Waals surface area contributed by atoms with Crippen LogP contribution in [0.15, 0.2) is 55.1 Å². The molecular formula is C26H28ClN3O3. The van der Waals surface area contributed by atoms with Crippen molar-refractivity contribution in [2.75, 3.05) is 13.2 Å². The number of H-pyrrole nitrogens is 1. The number of rotatable bonds is 10. The van der Waals surface area contributed by atoms with Gasteiger partial charge in [-0.3, -0.25) is 9.89 Å². The van der Waals surface area contributed by atoms with Gasteiger partial charge in [0.2, 0.25) is 0 Å². The van der Waals surface area contributed by atoms with Crippen LogP contribution < -0.4 is 4.74 Å². The Bertz CT molecular complexity index is 1140. The Balaban J connectivity index is 1.67. The molecule has 6 nitrogen and oxygen atoms in total. The molecule has 0 saturated heterocycles. The lowest BCUT2D eigenvalue weighted by Gasteiger charge is -2.25. The number of ether oxygens (including phenoxy) is 1. The molecule has 0 aliphatic carbocycles. The summed E-state index contributed by atoms with van der Waals surface area (Å²) < 4.78 is 5.88. The lowest BCUT2D eigenvalue weighted by molar-refractivity contribution is 0.0764. The first-order valence-corrected chi connectivity index (χ1v) is 11.6. The van der Waals surface area contributed by atoms with Gasteiger partial charge in [0.05, 0.1) is 12.6 Å². The number of fused-ring (bicyclic) bond motifs is 1. The number of carbonyl (C=O) groups excluding carboxylic acids is 1. The molecule has 4 rings (SSSR count). The second-order valence-corrected chi connectivity index (χ2v) is 8.59. The summed E-state index contributed by atoms with van der Waals surface area (Å²) >= 11 is 6.18. The van der Waals surface area contributed by atoms with Gasteiger partial charge < -0.3 is 14.7 Å². The van der Waals surface area contributed by atoms with Crippen molar-refractivity contribution in [3.63, 3.8) is 0 Å². The van der Waals surface area contributed by atoms with Crippen LogP contribution in [0.3, 0.4) is 0 Å². The number of nitrogens with one attached hydrogen (secondary N) is 1. The van der Waals surface area contributed by atoms with Crippen LogP contribution in [0.5, 0.6) is 11.5 Å². The van der Waals surface area contributed by atoms with Gasteiger partial charge in [-0.05, 0) is 42.3 Å². The van der Waals surface area contributed by atoms with E-state index in [-0.39, 0.29) is 17.7 Å². The molecule has 0 saturated carbocycles. The molecule has 172 valence electrons. The first kappa shape index (κ1) is 22.9. The highest BCUT2D eigenvalue weighted by Crippen LogP contribution is 2.45. The van der Waals surface area contributed by atoms with Gasteiger partial charge in [0.15, 0.2) is 0 Å². The molecule has 33 heavy (non-hydrogen) atoms. The van der Waals surface area contributed by atoms with Gasteiger partial charge in [-0.25, -0.2) is 0 Å². The third-order valence-electron chi connectivity index (χ3n) is 5.87. The monoisotopic (exact) mass is 465 g/mol. The fraction of sp³-hybridized carbons (Fsp3) is 0.308. The highest BCUT2D eigenvalue weighted by molar-refractivity contribution is 6.31. The molecule has 1 aromatic heterocycles. The van der Waals surface area contributed by atoms with Crippen molar-refractivity contribution in [1.82, 2.24) is 15.1 Å². The van der Waals surface area contributed by atoms with Crippen LogP contribution in [0.25, 0.3) is 11.3 Å². The van der Waals surface area contributed by atoms with Crippen LogP contribution in [0.1, 0.15) is 60.3 Å². The lowest BCUT2D eigenvalue weighted by Crippen LogP contribution is -2.29. The summed E-state index contributed by atoms with van der Waals surface area (Å²) in [6.07, 6.45) is 6.31. The van der Waals surface area contributed by atoms with E-state index in [1.165, 1.54) is 18.9 Å². The number of amides is 1. The molecular weight excluding hydrogens is 438 g/mol. The molecule has 2 heterocycles. The minimum Gasteiger partial charge on any atom is -0.507 e. The Morgan fingerprint density at radius 2 is 2.00 bits per heavy atom. The summed E-state index contributed by atoms with van der Waals surface area (Å²) in [5, 5.41) is 18.2. The van der Waals surface area contributed by atoms with Gasteiger partial charge in [-0.2, -0.15) is 5.10 Å². The highest BCUT2D eigenvalue weighted by atomic mass is 35.5. The first-order chi connectivity index (χ1) is 16.0. The third kappa shape index (κ3) is 4.62. The summed E-state index contributed by atoms with van der Waals surface area (Å²) in [5.74, 6) is 0.690. The van der Waals surface area contributed by atoms with Gasteiger partial charge >= 0.3 is 0 Å². The van der Waals surface area contributed by atoms with Gasteiger partial charge in [0.1, 0.15) is 22.9 Å². The number of halogens is 1. The van der Waals surface area contributed by atoms with Crippen molar-refractivity contribution in [2.45, 2.75) is 38.6 Å². The van der Waals surface area contributed by atoms with E-state index in [2.05, 4.69) is 23.7 Å². The number of aromatic amines is 1. The van der Waals surface area contributed by atoms with E-state index in [1.54, 1.807) is 23.1 Å². The van der Waals surface area contributed by atoms with Crippen LogP contribution in [-0.2, 0) is 0 Å². The number of aromatic nitrogens is 2. The Morgan fingerprint density at radius 3 is 2.73 bits per heavy atom. The number of hydrogen-bond donors (Lipinski definition) is 2. The zero-order valence-corrected chi connectivity index (χ0v) is 19.4. The molecule has 2 aromatic carbocycles. The van der Waals surface area contributed by atoms with Crippen LogP contribution >= 0.6 is 11.6 Å². The van der Waals surface area contributed by atoms with E-state index in [9.17, 15) is 9.90 Å². The predicted molar refractivity (Wildman–Crippen MR) is 130 cm³/mol. The van der Waals surface area contributed by atoms with Crippen molar-refractivity contribution in [3.05, 3.63) is 77.0 Å². The quantitative estimate of drug-likeness (QED) is 0.279. The number of nitrogens with zero attached hydrogens (tertiary/aromatic N) is 2. The molecule has 1 aliphatic heterocycles. The first-order valence-electron chi connectivity index (χ1n) is 11.3. The molecule has 1 amide bonds. The summed E-state index contributed by atoms with van der Waals surface area (Å²) in [4.78, 5) is 14.9. The smallest absolute Gasteiger partial charge is 0.273 e. The topological polar surface area (TPSA) is 78.5 Å². The zero-order valence-electron chi connectivity index (χ0n) is 18.7. The van der Waals surface area contributed by atoms with Crippen molar-refractivity contribution in [2.24, 2.45) is 0 Å². The fourth-order valence-electron chi connectivity index (χ4n) is 4.24.